The van der Waals surface area contributed by atoms with Gasteiger partial charge < -0.3 is 5.11 Å². The molecule has 6 rings (SSSR count). The number of thioether (sulfide) groups is 1. The van der Waals surface area contributed by atoms with Gasteiger partial charge in [-0.2, -0.15) is 5.01 Å². The van der Waals surface area contributed by atoms with E-state index in [4.69, 9.17) is 12.2 Å². The summed E-state index contributed by atoms with van der Waals surface area (Å²) in [6.45, 7) is 0. The Morgan fingerprint density at radius 1 is 1.17 bits per heavy atom. The van der Waals surface area contributed by atoms with Gasteiger partial charge in [0.2, 0.25) is 5.91 Å². The number of rotatable bonds is 3. The predicted octanol–water partition coefficient (Wildman–Crippen LogP) is 5.05. The number of nitrogens with zero attached hydrogens (tertiary/aromatic N) is 1. The van der Waals surface area contributed by atoms with E-state index in [9.17, 15) is 14.7 Å². The molecule has 4 saturated carbocycles. The molecule has 5 aliphatic rings. The molecule has 1 aromatic carbocycles. The maximum absolute atomic E-state index is 13.3. The topological polar surface area (TPSA) is 69.6 Å². The second-order valence-electron chi connectivity index (χ2n) is 8.99. The highest BCUT2D eigenvalue weighted by Crippen LogP contribution is 2.60. The predicted molar refractivity (Wildman–Crippen MR) is 137 cm³/mol. The zero-order valence-corrected chi connectivity index (χ0v) is 21.9. The molecule has 2 N–H and O–H groups in total. The summed E-state index contributed by atoms with van der Waals surface area (Å²) in [5.41, 5.74) is 3.37. The Balaban J connectivity index is 1.34. The Bertz CT molecular complexity index is 952. The van der Waals surface area contributed by atoms with E-state index in [0.29, 0.717) is 27.0 Å². The molecule has 30 heavy (non-hydrogen) atoms. The number of hydrogen-bond donors (Lipinski definition) is 2. The summed E-state index contributed by atoms with van der Waals surface area (Å²) in [7, 11) is 0. The van der Waals surface area contributed by atoms with E-state index in [1.165, 1.54) is 36.0 Å². The molecule has 0 atom stereocenters. The first-order chi connectivity index (χ1) is 14.2. The molecule has 0 spiro atoms. The average Bonchev–Trinajstić information content (AvgIpc) is 2.92. The van der Waals surface area contributed by atoms with Crippen LogP contribution >= 0.6 is 69.2 Å². The van der Waals surface area contributed by atoms with Crippen LogP contribution in [0.5, 0.6) is 5.75 Å². The quantitative estimate of drug-likeness (QED) is 0.269. The van der Waals surface area contributed by atoms with Crippen LogP contribution in [-0.4, -0.2) is 26.3 Å². The van der Waals surface area contributed by atoms with Crippen molar-refractivity contribution in [3.05, 3.63) is 29.7 Å². The van der Waals surface area contributed by atoms with Crippen LogP contribution in [0.15, 0.2) is 17.0 Å². The van der Waals surface area contributed by atoms with Crippen molar-refractivity contribution in [2.24, 2.45) is 23.2 Å². The van der Waals surface area contributed by atoms with Crippen LogP contribution in [0.2, 0.25) is 0 Å². The van der Waals surface area contributed by atoms with Gasteiger partial charge in [0.05, 0.1) is 17.5 Å². The third-order valence-corrected chi connectivity index (χ3v) is 9.81. The van der Waals surface area contributed by atoms with Gasteiger partial charge in [0.25, 0.3) is 5.91 Å². The molecule has 4 bridgehead atoms. The molecule has 1 saturated heterocycles. The van der Waals surface area contributed by atoms with Crippen LogP contribution in [0.1, 0.15) is 44.1 Å². The summed E-state index contributed by atoms with van der Waals surface area (Å²) in [5, 5.41) is 11.2. The highest BCUT2D eigenvalue weighted by atomic mass is 127. The Hall–Kier alpha value is -0.400. The van der Waals surface area contributed by atoms with Crippen molar-refractivity contribution in [3.8, 4) is 5.75 Å². The zero-order valence-electron chi connectivity index (χ0n) is 16.0. The fourth-order valence-electron chi connectivity index (χ4n) is 5.99. The van der Waals surface area contributed by atoms with Crippen LogP contribution in [0.3, 0.4) is 0 Å². The van der Waals surface area contributed by atoms with Crippen LogP contribution < -0.4 is 5.43 Å². The van der Waals surface area contributed by atoms with E-state index in [0.717, 1.165) is 32.0 Å². The lowest BCUT2D eigenvalue weighted by molar-refractivity contribution is -0.152. The molecule has 5 nitrogen and oxygen atoms in total. The first-order valence-electron chi connectivity index (χ1n) is 10.0. The summed E-state index contributed by atoms with van der Waals surface area (Å²) in [6.07, 6.45) is 8.39. The van der Waals surface area contributed by atoms with Crippen molar-refractivity contribution in [1.29, 1.82) is 0 Å². The number of aromatic hydroxyl groups is 1. The number of benzene rings is 1. The van der Waals surface area contributed by atoms with E-state index in [1.54, 1.807) is 6.08 Å². The third kappa shape index (κ3) is 3.71. The van der Waals surface area contributed by atoms with Gasteiger partial charge in [-0.15, -0.1) is 0 Å². The minimum absolute atomic E-state index is 0.0344. The van der Waals surface area contributed by atoms with E-state index in [1.807, 2.05) is 12.1 Å². The first-order valence-corrected chi connectivity index (χ1v) is 13.4. The maximum atomic E-state index is 13.3. The van der Waals surface area contributed by atoms with Crippen molar-refractivity contribution < 1.29 is 14.7 Å². The van der Waals surface area contributed by atoms with E-state index in [2.05, 4.69) is 50.6 Å². The molecule has 1 aliphatic heterocycles. The number of halogens is 2. The SMILES string of the molecule is O=C1/C(=C\c2cc(I)c(O)c(I)c2)SC(=S)N1NC(=O)C12CC3CC(CC(C3)C1)C2. The van der Waals surface area contributed by atoms with Crippen molar-refractivity contribution in [1.82, 2.24) is 10.4 Å². The van der Waals surface area contributed by atoms with Crippen molar-refractivity contribution >= 4 is 91.4 Å². The molecule has 0 aromatic heterocycles. The van der Waals surface area contributed by atoms with Crippen molar-refractivity contribution in [2.75, 3.05) is 0 Å². The zero-order chi connectivity index (χ0) is 21.2. The normalized spacial score (nSPS) is 33.6. The Morgan fingerprint density at radius 2 is 1.70 bits per heavy atom. The maximum Gasteiger partial charge on any atom is 0.285 e. The van der Waals surface area contributed by atoms with Gasteiger partial charge >= 0.3 is 0 Å². The smallest absolute Gasteiger partial charge is 0.285 e. The Morgan fingerprint density at radius 3 is 2.23 bits per heavy atom. The second kappa shape index (κ2) is 7.87. The Kier molecular flexibility index (Phi) is 5.63. The van der Waals surface area contributed by atoms with Crippen molar-refractivity contribution in [2.45, 2.75) is 38.5 Å². The van der Waals surface area contributed by atoms with E-state index in [-0.39, 0.29) is 23.0 Å². The summed E-state index contributed by atoms with van der Waals surface area (Å²) in [6, 6.07) is 3.64. The highest BCUT2D eigenvalue weighted by molar-refractivity contribution is 14.1. The van der Waals surface area contributed by atoms with Crippen molar-refractivity contribution in [3.63, 3.8) is 0 Å². The van der Waals surface area contributed by atoms with Gasteiger partial charge in [0.1, 0.15) is 5.75 Å². The largest absolute Gasteiger partial charge is 0.506 e. The van der Waals surface area contributed by atoms with Gasteiger partial charge in [-0.25, -0.2) is 0 Å². The number of hydrogen-bond acceptors (Lipinski definition) is 5. The Labute approximate surface area is 212 Å². The summed E-state index contributed by atoms with van der Waals surface area (Å²) in [4.78, 5) is 26.8. The lowest BCUT2D eigenvalue weighted by Gasteiger charge is -2.55. The molecular weight excluding hydrogens is 646 g/mol. The number of phenolic OH excluding ortho intramolecular Hbond substituents is 1. The van der Waals surface area contributed by atoms with Crippen LogP contribution in [0.25, 0.3) is 6.08 Å². The number of carbonyl (C=O) groups is 2. The second-order valence-corrected chi connectivity index (χ2v) is 13.0. The minimum atomic E-state index is -0.328. The van der Waals surface area contributed by atoms with Gasteiger partial charge in [0, 0.05) is 0 Å². The first kappa shape index (κ1) is 21.4. The summed E-state index contributed by atoms with van der Waals surface area (Å²) in [5.74, 6) is 1.89. The number of carbonyl (C=O) groups excluding carboxylic acids is 2. The van der Waals surface area contributed by atoms with Gasteiger partial charge in [-0.3, -0.25) is 15.0 Å². The average molecular weight is 666 g/mol. The van der Waals surface area contributed by atoms with Gasteiger partial charge in [0.15, 0.2) is 4.32 Å². The van der Waals surface area contributed by atoms with Crippen LogP contribution in [0.4, 0.5) is 0 Å². The number of hydrazine groups is 1. The number of phenols is 1. The standard InChI is InChI=1S/C21H20I2N2O3S2/c22-14-4-10(5-15(23)17(14)26)6-16-18(27)25(20(29)30-16)24-19(28)21-7-11-1-12(8-21)3-13(2-11)9-21/h4-6,11-13,26H,1-3,7-9H2,(H,24,28)/b16-6+. The number of thiocarbonyl (C=S) groups is 1. The van der Waals surface area contributed by atoms with Gasteiger partial charge in [-0.05, 0) is 137 Å². The molecule has 0 radical (unpaired) electrons. The van der Waals surface area contributed by atoms with E-state index < -0.39 is 0 Å². The molecule has 2 amide bonds. The van der Waals surface area contributed by atoms with Crippen LogP contribution in [0, 0.1) is 30.3 Å². The molecule has 158 valence electrons. The fourth-order valence-corrected chi connectivity index (χ4v) is 8.99. The summed E-state index contributed by atoms with van der Waals surface area (Å²) < 4.78 is 1.79. The molecule has 1 heterocycles. The lowest BCUT2D eigenvalue weighted by atomic mass is 9.49. The summed E-state index contributed by atoms with van der Waals surface area (Å²) >= 11 is 10.7. The van der Waals surface area contributed by atoms with Crippen LogP contribution in [-0.2, 0) is 9.59 Å². The van der Waals surface area contributed by atoms with E-state index >= 15 is 0 Å². The highest BCUT2D eigenvalue weighted by Gasteiger charge is 2.55. The molecule has 5 fully saturated rings. The molecular formula is C21H20I2N2O3S2. The number of amides is 2. The lowest BCUT2D eigenvalue weighted by Crippen LogP contribution is -2.57. The molecule has 4 aliphatic carbocycles. The number of nitrogens with one attached hydrogen (secondary N) is 1. The monoisotopic (exact) mass is 666 g/mol. The molecule has 0 unspecified atom stereocenters. The fraction of sp³-hybridized carbons (Fsp3) is 0.476. The molecule has 1 aromatic rings. The van der Waals surface area contributed by atoms with Gasteiger partial charge in [-0.1, -0.05) is 11.8 Å². The molecule has 9 heteroatoms. The minimum Gasteiger partial charge on any atom is -0.506 e. The third-order valence-electron chi connectivity index (χ3n) is 6.86.